The molecule has 0 amide bonds. The van der Waals surface area contributed by atoms with Crippen LogP contribution in [-0.2, 0) is 6.61 Å². The summed E-state index contributed by atoms with van der Waals surface area (Å²) in [6, 6.07) is 15.7. The van der Waals surface area contributed by atoms with Crippen molar-refractivity contribution >= 4 is 0 Å². The van der Waals surface area contributed by atoms with Gasteiger partial charge >= 0.3 is 0 Å². The predicted octanol–water partition coefficient (Wildman–Crippen LogP) is 3.91. The van der Waals surface area contributed by atoms with Gasteiger partial charge in [0.15, 0.2) is 5.76 Å². The maximum absolute atomic E-state index is 5.68. The van der Waals surface area contributed by atoms with Gasteiger partial charge in [-0.2, -0.15) is 0 Å². The number of fused-ring (bicyclic) bond motifs is 3. The van der Waals surface area contributed by atoms with Crippen LogP contribution in [0, 0.1) is 0 Å². The molecule has 0 unspecified atom stereocenters. The van der Waals surface area contributed by atoms with Crippen LogP contribution in [0.5, 0.6) is 11.5 Å². The number of ether oxygens (including phenoxy) is 2. The summed E-state index contributed by atoms with van der Waals surface area (Å²) in [7, 11) is 1.65. The third-order valence-electron chi connectivity index (χ3n) is 3.64. The fourth-order valence-electron chi connectivity index (χ4n) is 2.59. The third kappa shape index (κ3) is 1.88. The highest BCUT2D eigenvalue weighted by atomic mass is 16.5. The van der Waals surface area contributed by atoms with Gasteiger partial charge in [-0.05, 0) is 30.3 Å². The van der Waals surface area contributed by atoms with E-state index in [2.05, 4.69) is 5.16 Å². The standard InChI is InChI=1S/C17H13NO3/c1-19-12-8-6-11(7-9-12)17-16-13-4-2-3-5-14(13)20-10-15(16)21-18-17/h2-9H,10H2,1H3. The van der Waals surface area contributed by atoms with Gasteiger partial charge < -0.3 is 14.0 Å². The topological polar surface area (TPSA) is 44.5 Å². The molecule has 4 nitrogen and oxygen atoms in total. The fourth-order valence-corrected chi connectivity index (χ4v) is 2.59. The van der Waals surface area contributed by atoms with Crippen molar-refractivity contribution in [2.75, 3.05) is 7.11 Å². The number of para-hydroxylation sites is 1. The van der Waals surface area contributed by atoms with Crippen LogP contribution in [0.25, 0.3) is 22.4 Å². The van der Waals surface area contributed by atoms with E-state index < -0.39 is 0 Å². The van der Waals surface area contributed by atoms with Crippen LogP contribution in [0.2, 0.25) is 0 Å². The first-order valence-electron chi connectivity index (χ1n) is 6.72. The highest BCUT2D eigenvalue weighted by Crippen LogP contribution is 2.42. The summed E-state index contributed by atoms with van der Waals surface area (Å²) >= 11 is 0. The fraction of sp³-hybridized carbons (Fsp3) is 0.118. The zero-order valence-corrected chi connectivity index (χ0v) is 11.5. The van der Waals surface area contributed by atoms with Gasteiger partial charge in [0.1, 0.15) is 23.8 Å². The van der Waals surface area contributed by atoms with Crippen LogP contribution in [0.1, 0.15) is 5.76 Å². The summed E-state index contributed by atoms with van der Waals surface area (Å²) in [5, 5.41) is 4.23. The van der Waals surface area contributed by atoms with E-state index in [9.17, 15) is 0 Å². The van der Waals surface area contributed by atoms with E-state index >= 15 is 0 Å². The number of nitrogens with zero attached hydrogens (tertiary/aromatic N) is 1. The second-order valence-electron chi connectivity index (χ2n) is 4.84. The molecule has 3 aromatic rings. The highest BCUT2D eigenvalue weighted by Gasteiger charge is 2.26. The molecule has 0 fully saturated rings. The van der Waals surface area contributed by atoms with Gasteiger partial charge in [-0.25, -0.2) is 0 Å². The van der Waals surface area contributed by atoms with E-state index in [-0.39, 0.29) is 0 Å². The Bertz CT molecular complexity index is 790. The van der Waals surface area contributed by atoms with Gasteiger partial charge in [0, 0.05) is 11.1 Å². The number of methoxy groups -OCH3 is 1. The Kier molecular flexibility index (Phi) is 2.67. The predicted molar refractivity (Wildman–Crippen MR) is 78.3 cm³/mol. The van der Waals surface area contributed by atoms with Crippen molar-refractivity contribution < 1.29 is 14.0 Å². The van der Waals surface area contributed by atoms with Crippen LogP contribution >= 0.6 is 0 Å². The summed E-state index contributed by atoms with van der Waals surface area (Å²) in [5.41, 5.74) is 3.87. The lowest BCUT2D eigenvalue weighted by molar-refractivity contribution is 0.246. The molecule has 0 saturated carbocycles. The van der Waals surface area contributed by atoms with E-state index in [1.165, 1.54) is 0 Å². The Morgan fingerprint density at radius 2 is 1.86 bits per heavy atom. The Morgan fingerprint density at radius 3 is 2.67 bits per heavy atom. The van der Waals surface area contributed by atoms with E-state index in [1.54, 1.807) is 7.11 Å². The maximum atomic E-state index is 5.68. The van der Waals surface area contributed by atoms with Gasteiger partial charge in [-0.15, -0.1) is 0 Å². The average Bonchev–Trinajstić information content (AvgIpc) is 2.99. The molecule has 0 atom stereocenters. The zero-order valence-electron chi connectivity index (χ0n) is 11.5. The SMILES string of the molecule is COc1ccc(-c2noc3c2-c2ccccc2OC3)cc1. The molecule has 0 N–H and O–H groups in total. The minimum absolute atomic E-state index is 0.412. The van der Waals surface area contributed by atoms with Gasteiger partial charge in [0.25, 0.3) is 0 Å². The Morgan fingerprint density at radius 1 is 1.05 bits per heavy atom. The third-order valence-corrected chi connectivity index (χ3v) is 3.64. The highest BCUT2D eigenvalue weighted by molar-refractivity contribution is 5.85. The lowest BCUT2D eigenvalue weighted by Gasteiger charge is -2.16. The Labute approximate surface area is 121 Å². The number of hydrogen-bond donors (Lipinski definition) is 0. The molecule has 104 valence electrons. The minimum Gasteiger partial charge on any atom is -0.497 e. The van der Waals surface area contributed by atoms with Crippen molar-refractivity contribution in [1.82, 2.24) is 5.16 Å². The molecule has 2 heterocycles. The zero-order chi connectivity index (χ0) is 14.2. The van der Waals surface area contributed by atoms with E-state index in [4.69, 9.17) is 14.0 Å². The van der Waals surface area contributed by atoms with E-state index in [0.29, 0.717) is 6.61 Å². The first-order valence-corrected chi connectivity index (χ1v) is 6.72. The average molecular weight is 279 g/mol. The largest absolute Gasteiger partial charge is 0.497 e. The Balaban J connectivity index is 1.88. The first-order chi connectivity index (χ1) is 10.4. The molecule has 1 aliphatic heterocycles. The molecule has 0 spiro atoms. The number of hydrogen-bond acceptors (Lipinski definition) is 4. The minimum atomic E-state index is 0.412. The smallest absolute Gasteiger partial charge is 0.182 e. The summed E-state index contributed by atoms with van der Waals surface area (Å²) in [5.74, 6) is 2.45. The molecule has 4 rings (SSSR count). The second-order valence-corrected chi connectivity index (χ2v) is 4.84. The molecule has 4 heteroatoms. The van der Waals surface area contributed by atoms with Crippen LogP contribution in [0.4, 0.5) is 0 Å². The van der Waals surface area contributed by atoms with E-state index in [0.717, 1.165) is 39.6 Å². The molecule has 0 bridgehead atoms. The summed E-state index contributed by atoms with van der Waals surface area (Å²) in [6.45, 7) is 0.412. The van der Waals surface area contributed by atoms with Crippen molar-refractivity contribution in [3.8, 4) is 33.9 Å². The number of aromatic nitrogens is 1. The Hall–Kier alpha value is -2.75. The molecule has 2 aromatic carbocycles. The van der Waals surface area contributed by atoms with Crippen LogP contribution in [0.15, 0.2) is 53.1 Å². The monoisotopic (exact) mass is 279 g/mol. The maximum Gasteiger partial charge on any atom is 0.182 e. The molecule has 0 saturated heterocycles. The van der Waals surface area contributed by atoms with Crippen LogP contribution in [-0.4, -0.2) is 12.3 Å². The molecule has 21 heavy (non-hydrogen) atoms. The molecule has 1 aliphatic rings. The number of benzene rings is 2. The van der Waals surface area contributed by atoms with Crippen LogP contribution in [0.3, 0.4) is 0 Å². The van der Waals surface area contributed by atoms with E-state index in [1.807, 2.05) is 48.5 Å². The quantitative estimate of drug-likeness (QED) is 0.713. The lowest BCUT2D eigenvalue weighted by atomic mass is 9.97. The number of rotatable bonds is 2. The van der Waals surface area contributed by atoms with Crippen molar-refractivity contribution in [2.24, 2.45) is 0 Å². The second kappa shape index (κ2) is 4.66. The molecular weight excluding hydrogens is 266 g/mol. The lowest BCUT2D eigenvalue weighted by Crippen LogP contribution is -2.03. The van der Waals surface area contributed by atoms with Crippen molar-refractivity contribution in [3.63, 3.8) is 0 Å². The molecule has 0 radical (unpaired) electrons. The van der Waals surface area contributed by atoms with Gasteiger partial charge in [-0.1, -0.05) is 23.4 Å². The first kappa shape index (κ1) is 12.0. The van der Waals surface area contributed by atoms with Gasteiger partial charge in [0.05, 0.1) is 12.7 Å². The van der Waals surface area contributed by atoms with Crippen molar-refractivity contribution in [1.29, 1.82) is 0 Å². The molecule has 1 aromatic heterocycles. The van der Waals surface area contributed by atoms with Gasteiger partial charge in [-0.3, -0.25) is 0 Å². The van der Waals surface area contributed by atoms with Crippen molar-refractivity contribution in [3.05, 3.63) is 54.3 Å². The summed E-state index contributed by atoms with van der Waals surface area (Å²) in [4.78, 5) is 0. The van der Waals surface area contributed by atoms with Crippen LogP contribution < -0.4 is 9.47 Å². The normalized spacial score (nSPS) is 12.2. The molecular formula is C17H13NO3. The van der Waals surface area contributed by atoms with Crippen molar-refractivity contribution in [2.45, 2.75) is 6.61 Å². The summed E-state index contributed by atoms with van der Waals surface area (Å²) < 4.78 is 16.3. The molecule has 0 aliphatic carbocycles. The summed E-state index contributed by atoms with van der Waals surface area (Å²) in [6.07, 6.45) is 0. The van der Waals surface area contributed by atoms with Gasteiger partial charge in [0.2, 0.25) is 0 Å².